The number of hydrogen-bond donors (Lipinski definition) is 0. The summed E-state index contributed by atoms with van der Waals surface area (Å²) in [5.74, 6) is 0. The van der Waals surface area contributed by atoms with Crippen LogP contribution in [0.4, 0.5) is 0 Å². The molecule has 10 heavy (non-hydrogen) atoms. The predicted molar refractivity (Wildman–Crippen MR) is 41.7 cm³/mol. The van der Waals surface area contributed by atoms with Crippen LogP contribution in [-0.2, 0) is 0 Å². The van der Waals surface area contributed by atoms with E-state index in [1.807, 2.05) is 6.08 Å². The third kappa shape index (κ3) is 2.13. The van der Waals surface area contributed by atoms with Gasteiger partial charge in [0.25, 0.3) is 0 Å². The van der Waals surface area contributed by atoms with Crippen molar-refractivity contribution >= 4 is 0 Å². The van der Waals surface area contributed by atoms with Gasteiger partial charge in [-0.2, -0.15) is 4.91 Å². The van der Waals surface area contributed by atoms with Gasteiger partial charge in [0, 0.05) is 0 Å². The molecule has 1 rings (SSSR count). The molecule has 0 atom stereocenters. The second kappa shape index (κ2) is 3.99. The molecule has 2 nitrogen and oxygen atoms in total. The normalized spacial score (nSPS) is 16.6. The fourth-order valence-electron chi connectivity index (χ4n) is 1.05. The van der Waals surface area contributed by atoms with Gasteiger partial charge in [0.1, 0.15) is 0 Å². The van der Waals surface area contributed by atoms with Crippen molar-refractivity contribution < 1.29 is 0 Å². The van der Waals surface area contributed by atoms with Crippen LogP contribution in [0.15, 0.2) is 29.0 Å². The minimum Gasteiger partial charge on any atom is -0.151 e. The van der Waals surface area contributed by atoms with Gasteiger partial charge in [0.05, 0.1) is 6.54 Å². The van der Waals surface area contributed by atoms with Crippen LogP contribution in [0.25, 0.3) is 0 Å². The first-order chi connectivity index (χ1) is 4.93. The first kappa shape index (κ1) is 7.19. The van der Waals surface area contributed by atoms with Crippen molar-refractivity contribution in [3.05, 3.63) is 28.7 Å². The molecule has 0 amide bonds. The molecular formula is C8H11NO. The molecule has 0 aromatic carbocycles. The smallest absolute Gasteiger partial charge is 0.0848 e. The van der Waals surface area contributed by atoms with Gasteiger partial charge < -0.3 is 0 Å². The third-order valence-electron chi connectivity index (χ3n) is 1.62. The Labute approximate surface area is 60.6 Å². The molecular weight excluding hydrogens is 126 g/mol. The zero-order chi connectivity index (χ0) is 7.23. The maximum absolute atomic E-state index is 9.75. The molecule has 0 aromatic rings. The minimum atomic E-state index is 0.430. The Bertz CT molecular complexity index is 170. The van der Waals surface area contributed by atoms with Gasteiger partial charge in [-0.25, -0.2) is 0 Å². The van der Waals surface area contributed by atoms with Gasteiger partial charge in [0.15, 0.2) is 0 Å². The average molecular weight is 137 g/mol. The van der Waals surface area contributed by atoms with E-state index in [9.17, 15) is 4.91 Å². The molecule has 0 saturated heterocycles. The monoisotopic (exact) mass is 137 g/mol. The molecule has 0 radical (unpaired) electrons. The summed E-state index contributed by atoms with van der Waals surface area (Å²) < 4.78 is 0. The Morgan fingerprint density at radius 3 is 3.10 bits per heavy atom. The van der Waals surface area contributed by atoms with Crippen molar-refractivity contribution in [3.8, 4) is 0 Å². The summed E-state index contributed by atoms with van der Waals surface area (Å²) in [5.41, 5.74) is 1.35. The SMILES string of the molecule is O=NCCC1=CC=CCC1. The molecule has 0 unspecified atom stereocenters. The highest BCUT2D eigenvalue weighted by molar-refractivity contribution is 5.17. The van der Waals surface area contributed by atoms with Gasteiger partial charge in [-0.15, -0.1) is 0 Å². The number of allylic oxidation sites excluding steroid dienone is 3. The first-order valence-electron chi connectivity index (χ1n) is 3.57. The molecule has 1 aliphatic rings. The highest BCUT2D eigenvalue weighted by atomic mass is 16.3. The topological polar surface area (TPSA) is 29.4 Å². The van der Waals surface area contributed by atoms with Crippen molar-refractivity contribution in [1.82, 2.24) is 0 Å². The quantitative estimate of drug-likeness (QED) is 0.549. The van der Waals surface area contributed by atoms with Crippen LogP contribution in [0.5, 0.6) is 0 Å². The van der Waals surface area contributed by atoms with E-state index >= 15 is 0 Å². The van der Waals surface area contributed by atoms with Crippen molar-refractivity contribution in [2.45, 2.75) is 19.3 Å². The zero-order valence-electron chi connectivity index (χ0n) is 5.92. The van der Waals surface area contributed by atoms with E-state index < -0.39 is 0 Å². The molecule has 0 saturated carbocycles. The van der Waals surface area contributed by atoms with Crippen LogP contribution < -0.4 is 0 Å². The van der Waals surface area contributed by atoms with E-state index in [4.69, 9.17) is 0 Å². The molecule has 54 valence electrons. The van der Waals surface area contributed by atoms with Gasteiger partial charge in [-0.05, 0) is 19.3 Å². The van der Waals surface area contributed by atoms with Gasteiger partial charge >= 0.3 is 0 Å². The van der Waals surface area contributed by atoms with Crippen LogP contribution in [0.3, 0.4) is 0 Å². The summed E-state index contributed by atoms with van der Waals surface area (Å²) in [5, 5.41) is 2.81. The van der Waals surface area contributed by atoms with Gasteiger partial charge in [-0.1, -0.05) is 29.0 Å². The molecule has 1 aliphatic carbocycles. The van der Waals surface area contributed by atoms with E-state index in [1.165, 1.54) is 5.57 Å². The third-order valence-corrected chi connectivity index (χ3v) is 1.62. The lowest BCUT2D eigenvalue weighted by Gasteiger charge is -2.04. The van der Waals surface area contributed by atoms with Crippen LogP contribution in [0.1, 0.15) is 19.3 Å². The minimum absolute atomic E-state index is 0.430. The Morgan fingerprint density at radius 2 is 2.50 bits per heavy atom. The largest absolute Gasteiger partial charge is 0.151 e. The van der Waals surface area contributed by atoms with Crippen LogP contribution in [0, 0.1) is 4.91 Å². The summed E-state index contributed by atoms with van der Waals surface area (Å²) in [6.45, 7) is 0.430. The lowest BCUT2D eigenvalue weighted by Crippen LogP contribution is -1.89. The lowest BCUT2D eigenvalue weighted by molar-refractivity contribution is 0.845. The Morgan fingerprint density at radius 1 is 1.60 bits per heavy atom. The van der Waals surface area contributed by atoms with Gasteiger partial charge in [0.2, 0.25) is 0 Å². The molecule has 0 bridgehead atoms. The average Bonchev–Trinajstić information content (AvgIpc) is 2.03. The van der Waals surface area contributed by atoms with Gasteiger partial charge in [-0.3, -0.25) is 0 Å². The second-order valence-corrected chi connectivity index (χ2v) is 2.39. The molecule has 0 aliphatic heterocycles. The molecule has 0 aromatic heterocycles. The molecule has 0 spiro atoms. The summed E-state index contributed by atoms with van der Waals surface area (Å²) in [6, 6.07) is 0. The van der Waals surface area contributed by atoms with E-state index in [0.29, 0.717) is 6.54 Å². The van der Waals surface area contributed by atoms with Crippen molar-refractivity contribution in [3.63, 3.8) is 0 Å². The standard InChI is InChI=1S/C8H11NO/c10-9-7-6-8-4-2-1-3-5-8/h1-2,4H,3,5-7H2. The number of nitroso groups, excluding NO2 is 1. The molecule has 0 fully saturated rings. The van der Waals surface area contributed by atoms with Crippen molar-refractivity contribution in [2.75, 3.05) is 6.54 Å². The molecule has 0 N–H and O–H groups in total. The van der Waals surface area contributed by atoms with Crippen LogP contribution in [-0.4, -0.2) is 6.54 Å². The highest BCUT2D eigenvalue weighted by Crippen LogP contribution is 2.14. The first-order valence-corrected chi connectivity index (χ1v) is 3.57. The van der Waals surface area contributed by atoms with E-state index in [2.05, 4.69) is 17.3 Å². The van der Waals surface area contributed by atoms with E-state index in [1.54, 1.807) is 0 Å². The summed E-state index contributed by atoms with van der Waals surface area (Å²) >= 11 is 0. The number of nitrogens with zero attached hydrogens (tertiary/aromatic N) is 1. The maximum atomic E-state index is 9.75. The second-order valence-electron chi connectivity index (χ2n) is 2.39. The van der Waals surface area contributed by atoms with Crippen molar-refractivity contribution in [1.29, 1.82) is 0 Å². The maximum Gasteiger partial charge on any atom is 0.0848 e. The Kier molecular flexibility index (Phi) is 2.87. The Hall–Kier alpha value is -0.920. The summed E-state index contributed by atoms with van der Waals surface area (Å²) in [6.07, 6.45) is 9.32. The lowest BCUT2D eigenvalue weighted by atomic mass is 10.0. The van der Waals surface area contributed by atoms with E-state index in [-0.39, 0.29) is 0 Å². The van der Waals surface area contributed by atoms with Crippen molar-refractivity contribution in [2.24, 2.45) is 5.18 Å². The molecule has 2 heteroatoms. The fourth-order valence-corrected chi connectivity index (χ4v) is 1.05. The summed E-state index contributed by atoms with van der Waals surface area (Å²) in [4.78, 5) is 9.75. The zero-order valence-corrected chi connectivity index (χ0v) is 5.92. The molecule has 0 heterocycles. The highest BCUT2D eigenvalue weighted by Gasteiger charge is 1.97. The number of hydrogen-bond acceptors (Lipinski definition) is 2. The van der Waals surface area contributed by atoms with Crippen LogP contribution in [0.2, 0.25) is 0 Å². The summed E-state index contributed by atoms with van der Waals surface area (Å²) in [7, 11) is 0. The fraction of sp³-hybridized carbons (Fsp3) is 0.500. The Balaban J connectivity index is 2.32. The number of rotatable bonds is 3. The van der Waals surface area contributed by atoms with Crippen LogP contribution >= 0.6 is 0 Å². The predicted octanol–water partition coefficient (Wildman–Crippen LogP) is 2.42. The van der Waals surface area contributed by atoms with E-state index in [0.717, 1.165) is 19.3 Å².